The van der Waals surface area contributed by atoms with Crippen molar-refractivity contribution in [3.63, 3.8) is 0 Å². The van der Waals surface area contributed by atoms with Gasteiger partial charge in [0.2, 0.25) is 0 Å². The van der Waals surface area contributed by atoms with Gasteiger partial charge in [0.15, 0.2) is 0 Å². The Balaban J connectivity index is 2.80. The van der Waals surface area contributed by atoms with E-state index in [4.69, 9.17) is 0 Å². The first-order valence-electron chi connectivity index (χ1n) is 7.04. The summed E-state index contributed by atoms with van der Waals surface area (Å²) >= 11 is 0. The van der Waals surface area contributed by atoms with Crippen molar-refractivity contribution in [3.8, 4) is 0 Å². The van der Waals surface area contributed by atoms with Gasteiger partial charge in [-0.05, 0) is 50.3 Å². The standard InChI is InChI=1S/C16H24FNO2/c1-5-13(11(3)9-14(17)6-2)10-18(15-7-8-15)16(20)12(4)19/h5-6,9,11-12,15,19H,2,7-8,10H2,1,3-4H3/b13-5-,14-9+. The molecule has 0 spiro atoms. The van der Waals surface area contributed by atoms with Gasteiger partial charge in [0.1, 0.15) is 11.9 Å². The van der Waals surface area contributed by atoms with E-state index in [-0.39, 0.29) is 23.7 Å². The first-order chi connectivity index (χ1) is 9.40. The van der Waals surface area contributed by atoms with Gasteiger partial charge in [0.25, 0.3) is 5.91 Å². The first kappa shape index (κ1) is 16.6. The van der Waals surface area contributed by atoms with Crippen molar-refractivity contribution in [2.75, 3.05) is 6.54 Å². The van der Waals surface area contributed by atoms with E-state index in [1.54, 1.807) is 4.90 Å². The number of aliphatic hydroxyl groups is 1. The molecule has 1 amide bonds. The van der Waals surface area contributed by atoms with Crippen LogP contribution in [0.25, 0.3) is 0 Å². The molecule has 1 fully saturated rings. The number of rotatable bonds is 7. The molecule has 0 bridgehead atoms. The Morgan fingerprint density at radius 2 is 2.10 bits per heavy atom. The molecule has 1 aliphatic rings. The average Bonchev–Trinajstić information content (AvgIpc) is 3.23. The fraction of sp³-hybridized carbons (Fsp3) is 0.562. The Kier molecular flexibility index (Phi) is 6.14. The number of carbonyl (C=O) groups is 1. The number of hydrogen-bond acceptors (Lipinski definition) is 2. The number of amides is 1. The van der Waals surface area contributed by atoms with Gasteiger partial charge in [-0.1, -0.05) is 19.6 Å². The molecule has 1 aliphatic carbocycles. The van der Waals surface area contributed by atoms with E-state index in [0.717, 1.165) is 18.4 Å². The van der Waals surface area contributed by atoms with Crippen LogP contribution in [0.15, 0.2) is 36.2 Å². The summed E-state index contributed by atoms with van der Waals surface area (Å²) in [4.78, 5) is 13.7. The van der Waals surface area contributed by atoms with E-state index >= 15 is 0 Å². The van der Waals surface area contributed by atoms with Crippen molar-refractivity contribution in [1.29, 1.82) is 0 Å². The van der Waals surface area contributed by atoms with Crippen molar-refractivity contribution < 1.29 is 14.3 Å². The highest BCUT2D eigenvalue weighted by Crippen LogP contribution is 2.29. The molecule has 112 valence electrons. The maximum Gasteiger partial charge on any atom is 0.251 e. The van der Waals surface area contributed by atoms with Gasteiger partial charge in [0, 0.05) is 12.6 Å². The summed E-state index contributed by atoms with van der Waals surface area (Å²) in [6.07, 6.45) is 5.51. The van der Waals surface area contributed by atoms with Gasteiger partial charge in [-0.3, -0.25) is 4.79 Å². The Bertz CT molecular complexity index is 422. The van der Waals surface area contributed by atoms with E-state index in [1.165, 1.54) is 19.1 Å². The Hall–Kier alpha value is -1.42. The third-order valence-corrected chi connectivity index (χ3v) is 3.54. The smallest absolute Gasteiger partial charge is 0.251 e. The normalized spacial score (nSPS) is 19.4. The highest BCUT2D eigenvalue weighted by atomic mass is 19.1. The summed E-state index contributed by atoms with van der Waals surface area (Å²) in [5, 5.41) is 9.48. The van der Waals surface area contributed by atoms with Crippen molar-refractivity contribution in [2.45, 2.75) is 45.8 Å². The lowest BCUT2D eigenvalue weighted by Crippen LogP contribution is -2.41. The predicted molar refractivity (Wildman–Crippen MR) is 78.7 cm³/mol. The van der Waals surface area contributed by atoms with E-state index in [2.05, 4.69) is 6.58 Å². The van der Waals surface area contributed by atoms with Crippen LogP contribution in [-0.2, 0) is 4.79 Å². The summed E-state index contributed by atoms with van der Waals surface area (Å²) in [5.41, 5.74) is 0.961. The molecule has 20 heavy (non-hydrogen) atoms. The molecule has 0 saturated heterocycles. The molecule has 1 saturated carbocycles. The van der Waals surface area contributed by atoms with Gasteiger partial charge >= 0.3 is 0 Å². The minimum absolute atomic E-state index is 0.110. The zero-order chi connectivity index (χ0) is 15.3. The highest BCUT2D eigenvalue weighted by molar-refractivity contribution is 5.81. The summed E-state index contributed by atoms with van der Waals surface area (Å²) < 4.78 is 13.3. The second-order valence-electron chi connectivity index (χ2n) is 5.28. The van der Waals surface area contributed by atoms with Gasteiger partial charge in [-0.25, -0.2) is 4.39 Å². The zero-order valence-electron chi connectivity index (χ0n) is 12.5. The maximum absolute atomic E-state index is 13.3. The summed E-state index contributed by atoms with van der Waals surface area (Å²) in [5.74, 6) is -0.732. The lowest BCUT2D eigenvalue weighted by Gasteiger charge is -2.26. The number of aliphatic hydroxyl groups excluding tert-OH is 1. The summed E-state index contributed by atoms with van der Waals surface area (Å²) in [6, 6.07) is 0.215. The molecule has 3 nitrogen and oxygen atoms in total. The van der Waals surface area contributed by atoms with Crippen molar-refractivity contribution in [2.24, 2.45) is 5.92 Å². The zero-order valence-corrected chi connectivity index (χ0v) is 12.5. The fourth-order valence-corrected chi connectivity index (χ4v) is 2.12. The van der Waals surface area contributed by atoms with Gasteiger partial charge < -0.3 is 10.0 Å². The first-order valence-corrected chi connectivity index (χ1v) is 7.04. The second-order valence-corrected chi connectivity index (χ2v) is 5.28. The van der Waals surface area contributed by atoms with E-state index < -0.39 is 6.10 Å². The minimum Gasteiger partial charge on any atom is -0.384 e. The van der Waals surface area contributed by atoms with Crippen LogP contribution in [-0.4, -0.2) is 34.6 Å². The van der Waals surface area contributed by atoms with E-state index in [0.29, 0.717) is 6.54 Å². The monoisotopic (exact) mass is 281 g/mol. The summed E-state index contributed by atoms with van der Waals surface area (Å²) in [6.45, 7) is 9.07. The molecule has 0 aromatic carbocycles. The predicted octanol–water partition coefficient (Wildman–Crippen LogP) is 2.98. The molecule has 4 heteroatoms. The summed E-state index contributed by atoms with van der Waals surface area (Å²) in [7, 11) is 0. The topological polar surface area (TPSA) is 40.5 Å². The molecule has 0 aromatic rings. The van der Waals surface area contributed by atoms with Crippen LogP contribution in [0.5, 0.6) is 0 Å². The van der Waals surface area contributed by atoms with E-state index in [1.807, 2.05) is 19.9 Å². The van der Waals surface area contributed by atoms with E-state index in [9.17, 15) is 14.3 Å². The minimum atomic E-state index is -0.996. The van der Waals surface area contributed by atoms with Crippen LogP contribution in [0, 0.1) is 5.92 Å². The molecule has 2 unspecified atom stereocenters. The third-order valence-electron chi connectivity index (χ3n) is 3.54. The molecule has 2 atom stereocenters. The molecule has 1 N–H and O–H groups in total. The number of hydrogen-bond donors (Lipinski definition) is 1. The number of carbonyl (C=O) groups excluding carboxylic acids is 1. The van der Waals surface area contributed by atoms with Gasteiger partial charge in [0.05, 0.1) is 0 Å². The quantitative estimate of drug-likeness (QED) is 0.575. The van der Waals surface area contributed by atoms with Crippen LogP contribution in [0.1, 0.15) is 33.6 Å². The fourth-order valence-electron chi connectivity index (χ4n) is 2.12. The van der Waals surface area contributed by atoms with Crippen LogP contribution in [0.3, 0.4) is 0 Å². The third kappa shape index (κ3) is 4.60. The van der Waals surface area contributed by atoms with Gasteiger partial charge in [-0.15, -0.1) is 0 Å². The van der Waals surface area contributed by atoms with Crippen LogP contribution in [0.2, 0.25) is 0 Å². The number of nitrogens with zero attached hydrogens (tertiary/aromatic N) is 1. The number of halogens is 1. The molecule has 1 rings (SSSR count). The molecular weight excluding hydrogens is 257 g/mol. The van der Waals surface area contributed by atoms with Crippen molar-refractivity contribution in [1.82, 2.24) is 4.90 Å². The SMILES string of the molecule is C=C/C(F)=C\C(C)/C(=C\C)CN(C(=O)C(C)O)C1CC1. The molecule has 0 radical (unpaired) electrons. The average molecular weight is 281 g/mol. The van der Waals surface area contributed by atoms with Crippen LogP contribution >= 0.6 is 0 Å². The van der Waals surface area contributed by atoms with Gasteiger partial charge in [-0.2, -0.15) is 0 Å². The Morgan fingerprint density at radius 1 is 1.50 bits per heavy atom. The van der Waals surface area contributed by atoms with Crippen molar-refractivity contribution >= 4 is 5.91 Å². The molecule has 0 heterocycles. The van der Waals surface area contributed by atoms with Crippen LogP contribution in [0.4, 0.5) is 4.39 Å². The molecule has 0 aromatic heterocycles. The lowest BCUT2D eigenvalue weighted by atomic mass is 9.99. The maximum atomic E-state index is 13.3. The highest BCUT2D eigenvalue weighted by Gasteiger charge is 2.34. The van der Waals surface area contributed by atoms with Crippen LogP contribution < -0.4 is 0 Å². The second kappa shape index (κ2) is 7.39. The number of allylic oxidation sites excluding steroid dienone is 4. The lowest BCUT2D eigenvalue weighted by molar-refractivity contribution is -0.139. The molecule has 0 aliphatic heterocycles. The molecular formula is C16H24FNO2. The Labute approximate surface area is 120 Å². The van der Waals surface area contributed by atoms with Crippen molar-refractivity contribution in [3.05, 3.63) is 36.2 Å². The Morgan fingerprint density at radius 3 is 2.50 bits per heavy atom. The largest absolute Gasteiger partial charge is 0.384 e.